The van der Waals surface area contributed by atoms with Gasteiger partial charge in [-0.15, -0.1) is 0 Å². The molecule has 0 unspecified atom stereocenters. The number of rotatable bonds is 9. The maximum Gasteiger partial charge on any atom is 0.272 e. The van der Waals surface area contributed by atoms with Crippen molar-refractivity contribution < 1.29 is 27.9 Å². The lowest BCUT2D eigenvalue weighted by Gasteiger charge is -2.26. The van der Waals surface area contributed by atoms with Crippen LogP contribution in [0.1, 0.15) is 31.2 Å². The van der Waals surface area contributed by atoms with Gasteiger partial charge in [0.25, 0.3) is 17.7 Å². The van der Waals surface area contributed by atoms with E-state index in [-0.39, 0.29) is 22.9 Å². The number of halogens is 2. The van der Waals surface area contributed by atoms with Crippen LogP contribution in [0.25, 0.3) is 22.6 Å². The van der Waals surface area contributed by atoms with Crippen molar-refractivity contribution in [2.75, 3.05) is 50.0 Å². The number of amides is 3. The zero-order valence-corrected chi connectivity index (χ0v) is 25.2. The first-order valence-electron chi connectivity index (χ1n) is 14.6. The number of morpholine rings is 1. The number of benzene rings is 2. The quantitative estimate of drug-likeness (QED) is 0.196. The molecule has 12 nitrogen and oxygen atoms in total. The van der Waals surface area contributed by atoms with Gasteiger partial charge in [-0.1, -0.05) is 0 Å². The molecule has 4 N–H and O–H groups in total. The second kappa shape index (κ2) is 12.9. The molecule has 3 amide bonds. The summed E-state index contributed by atoms with van der Waals surface area (Å²) in [5.74, 6) is -2.61. The summed E-state index contributed by atoms with van der Waals surface area (Å²) in [6.07, 6.45) is 3.24. The number of fused-ring (bicyclic) bond motifs is 1. The number of aryl methyl sites for hydroxylation is 2. The molecule has 5 aromatic rings. The minimum absolute atomic E-state index is 0.166. The fourth-order valence-corrected chi connectivity index (χ4v) is 5.32. The molecule has 1 aliphatic heterocycles. The molecule has 6 rings (SSSR count). The van der Waals surface area contributed by atoms with Crippen LogP contribution in [0.5, 0.6) is 0 Å². The lowest BCUT2D eigenvalue weighted by molar-refractivity contribution is 0.0383. The molecular weight excluding hydrogens is 598 g/mol. The molecule has 14 heteroatoms. The van der Waals surface area contributed by atoms with Crippen LogP contribution >= 0.6 is 0 Å². The molecule has 1 saturated heterocycles. The summed E-state index contributed by atoms with van der Waals surface area (Å²) in [4.78, 5) is 48.6. The number of carbonyl (C=O) groups is 3. The Morgan fingerprint density at radius 1 is 0.891 bits per heavy atom. The van der Waals surface area contributed by atoms with Crippen LogP contribution in [0.15, 0.2) is 60.9 Å². The summed E-state index contributed by atoms with van der Waals surface area (Å²) in [7, 11) is 3.45. The molecule has 3 aromatic heterocycles. The Balaban J connectivity index is 1.10. The van der Waals surface area contributed by atoms with Crippen molar-refractivity contribution in [3.05, 3.63) is 89.4 Å². The van der Waals surface area contributed by atoms with Gasteiger partial charge in [0, 0.05) is 64.3 Å². The highest BCUT2D eigenvalue weighted by atomic mass is 19.1. The number of nitrogens with one attached hydrogen (secondary N) is 4. The lowest BCUT2D eigenvalue weighted by atomic mass is 10.2. The number of imidazole rings is 1. The Bertz CT molecular complexity index is 1940. The summed E-state index contributed by atoms with van der Waals surface area (Å²) in [5.41, 5.74) is 3.28. The van der Waals surface area contributed by atoms with Gasteiger partial charge in [-0.3, -0.25) is 19.3 Å². The van der Waals surface area contributed by atoms with E-state index >= 15 is 0 Å². The average Bonchev–Trinajstić information content (AvgIpc) is 3.72. The predicted octanol–water partition coefficient (Wildman–Crippen LogP) is 3.75. The van der Waals surface area contributed by atoms with Crippen molar-refractivity contribution in [2.24, 2.45) is 14.1 Å². The van der Waals surface area contributed by atoms with Crippen molar-refractivity contribution in [3.63, 3.8) is 0 Å². The van der Waals surface area contributed by atoms with Crippen molar-refractivity contribution in [2.45, 2.75) is 0 Å². The zero-order valence-electron chi connectivity index (χ0n) is 25.2. The van der Waals surface area contributed by atoms with E-state index in [1.165, 1.54) is 16.8 Å². The Morgan fingerprint density at radius 3 is 2.41 bits per heavy atom. The van der Waals surface area contributed by atoms with Gasteiger partial charge in [0.05, 0.1) is 46.9 Å². The first kappa shape index (κ1) is 30.7. The Morgan fingerprint density at radius 2 is 1.63 bits per heavy atom. The Hall–Kier alpha value is -5.34. The summed E-state index contributed by atoms with van der Waals surface area (Å²) in [6.45, 7) is 4.44. The van der Waals surface area contributed by atoms with Gasteiger partial charge in [-0.05, 0) is 42.5 Å². The fraction of sp³-hybridized carbons (Fsp3) is 0.250. The molecule has 2 aromatic carbocycles. The van der Waals surface area contributed by atoms with Gasteiger partial charge in [0.15, 0.2) is 5.82 Å². The van der Waals surface area contributed by atoms with Gasteiger partial charge in [0.2, 0.25) is 0 Å². The van der Waals surface area contributed by atoms with E-state index in [4.69, 9.17) is 4.74 Å². The maximum absolute atomic E-state index is 14.0. The molecule has 46 heavy (non-hydrogen) atoms. The van der Waals surface area contributed by atoms with E-state index in [1.54, 1.807) is 42.1 Å². The number of aromatic nitrogens is 4. The standard InChI is InChI=1S/C32H32F2N8O4/c1-40-17-21(37-32(45)28-16-22(18-41(28)2)36-31(44)23-5-4-20(33)14-24(23)34)15-27(40)29-38-25-6-3-19(13-26(25)39-29)30(43)35-7-8-42-9-11-46-12-10-42/h3-6,13-18H,7-12H2,1-2H3,(H,35,43)(H,36,44)(H,37,45)(H,38,39). The normalized spacial score (nSPS) is 13.6. The van der Waals surface area contributed by atoms with Crippen LogP contribution in [0.2, 0.25) is 0 Å². The van der Waals surface area contributed by atoms with Crippen molar-refractivity contribution >= 4 is 40.1 Å². The first-order valence-corrected chi connectivity index (χ1v) is 14.6. The number of anilines is 2. The van der Waals surface area contributed by atoms with Gasteiger partial charge in [-0.2, -0.15) is 0 Å². The molecule has 4 heterocycles. The van der Waals surface area contributed by atoms with Crippen molar-refractivity contribution in [3.8, 4) is 11.5 Å². The van der Waals surface area contributed by atoms with Crippen LogP contribution < -0.4 is 16.0 Å². The highest BCUT2D eigenvalue weighted by Crippen LogP contribution is 2.26. The molecule has 1 aliphatic rings. The van der Waals surface area contributed by atoms with Crippen molar-refractivity contribution in [1.29, 1.82) is 0 Å². The summed E-state index contributed by atoms with van der Waals surface area (Å²) >= 11 is 0. The largest absolute Gasteiger partial charge is 0.379 e. The van der Waals surface area contributed by atoms with Gasteiger partial charge >= 0.3 is 0 Å². The summed E-state index contributed by atoms with van der Waals surface area (Å²) in [5, 5.41) is 8.34. The maximum atomic E-state index is 14.0. The van der Waals surface area contributed by atoms with E-state index in [9.17, 15) is 23.2 Å². The summed E-state index contributed by atoms with van der Waals surface area (Å²) in [6, 6.07) is 11.2. The monoisotopic (exact) mass is 630 g/mol. The van der Waals surface area contributed by atoms with E-state index in [2.05, 4.69) is 30.8 Å². The minimum atomic E-state index is -0.989. The Kier molecular flexibility index (Phi) is 8.63. The van der Waals surface area contributed by atoms with Crippen LogP contribution in [0, 0.1) is 11.6 Å². The molecule has 238 valence electrons. The topological polar surface area (TPSA) is 138 Å². The summed E-state index contributed by atoms with van der Waals surface area (Å²) < 4.78 is 35.9. The van der Waals surface area contributed by atoms with Gasteiger partial charge in [0.1, 0.15) is 17.3 Å². The molecule has 0 aliphatic carbocycles. The predicted molar refractivity (Wildman–Crippen MR) is 168 cm³/mol. The number of nitrogens with zero attached hydrogens (tertiary/aromatic N) is 4. The highest BCUT2D eigenvalue weighted by Gasteiger charge is 2.19. The number of H-pyrrole nitrogens is 1. The van der Waals surface area contributed by atoms with Gasteiger partial charge in [-0.25, -0.2) is 13.8 Å². The average molecular weight is 631 g/mol. The van der Waals surface area contributed by atoms with E-state index in [0.717, 1.165) is 31.8 Å². The molecule has 0 saturated carbocycles. The van der Waals surface area contributed by atoms with E-state index in [1.807, 2.05) is 7.05 Å². The van der Waals surface area contributed by atoms with Crippen LogP contribution in [-0.2, 0) is 18.8 Å². The van der Waals surface area contributed by atoms with Crippen LogP contribution in [0.4, 0.5) is 20.2 Å². The Labute approximate surface area is 262 Å². The third kappa shape index (κ3) is 6.67. The second-order valence-corrected chi connectivity index (χ2v) is 11.0. The smallest absolute Gasteiger partial charge is 0.272 e. The SMILES string of the molecule is Cn1cc(NC(=O)c2ccc(F)cc2F)cc1C(=O)Nc1cc(-c2nc3ccc(C(=O)NCCN4CCOCC4)cc3[nH]2)n(C)c1. The molecule has 0 atom stereocenters. The number of carbonyl (C=O) groups excluding carboxylic acids is 3. The number of ether oxygens (including phenoxy) is 1. The fourth-order valence-electron chi connectivity index (χ4n) is 5.32. The molecule has 0 radical (unpaired) electrons. The molecular formula is C32H32F2N8O4. The minimum Gasteiger partial charge on any atom is -0.379 e. The molecule has 1 fully saturated rings. The molecule has 0 spiro atoms. The van der Waals surface area contributed by atoms with Crippen molar-refractivity contribution in [1.82, 2.24) is 29.3 Å². The zero-order chi connectivity index (χ0) is 32.4. The third-order valence-corrected chi connectivity index (χ3v) is 7.74. The highest BCUT2D eigenvalue weighted by molar-refractivity contribution is 6.07. The molecule has 0 bridgehead atoms. The lowest BCUT2D eigenvalue weighted by Crippen LogP contribution is -2.41. The number of aromatic amines is 1. The van der Waals surface area contributed by atoms with Crippen LogP contribution in [-0.4, -0.2) is 81.1 Å². The van der Waals surface area contributed by atoms with E-state index < -0.39 is 23.4 Å². The number of hydrogen-bond donors (Lipinski definition) is 4. The first-order chi connectivity index (χ1) is 22.1. The van der Waals surface area contributed by atoms with Gasteiger partial charge < -0.3 is 34.8 Å². The van der Waals surface area contributed by atoms with Crippen LogP contribution in [0.3, 0.4) is 0 Å². The second-order valence-electron chi connectivity index (χ2n) is 11.0. The van der Waals surface area contributed by atoms with E-state index in [0.29, 0.717) is 59.6 Å². The number of hydrogen-bond acceptors (Lipinski definition) is 6. The third-order valence-electron chi connectivity index (χ3n) is 7.74.